The van der Waals surface area contributed by atoms with Crippen LogP contribution in [-0.2, 0) is 9.47 Å². The summed E-state index contributed by atoms with van der Waals surface area (Å²) < 4.78 is 12.0. The molecule has 1 aliphatic heterocycles. The standard InChI is InChI=1S/C15H20BrNO3/c1-15(2,3)20-14(18)17-8-9-19-10-13(17)11-6-4-5-7-12(11)16/h4-7,13H,8-10H2,1-3H3/t13-/m0/s1. The number of carbonyl (C=O) groups is 1. The molecule has 1 aromatic rings. The number of benzene rings is 1. The van der Waals surface area contributed by atoms with Gasteiger partial charge in [0.25, 0.3) is 0 Å². The Morgan fingerprint density at radius 3 is 2.75 bits per heavy atom. The van der Waals surface area contributed by atoms with Crippen LogP contribution in [0.25, 0.3) is 0 Å². The summed E-state index contributed by atoms with van der Waals surface area (Å²) in [6, 6.07) is 7.77. The number of hydrogen-bond acceptors (Lipinski definition) is 3. The monoisotopic (exact) mass is 341 g/mol. The van der Waals surface area contributed by atoms with E-state index in [4.69, 9.17) is 9.47 Å². The van der Waals surface area contributed by atoms with Gasteiger partial charge in [-0.05, 0) is 32.4 Å². The fraction of sp³-hybridized carbons (Fsp3) is 0.533. The summed E-state index contributed by atoms with van der Waals surface area (Å²) in [7, 11) is 0. The predicted octanol–water partition coefficient (Wildman–Crippen LogP) is 3.76. The Bertz CT molecular complexity index is 484. The van der Waals surface area contributed by atoms with Gasteiger partial charge in [0.1, 0.15) is 5.60 Å². The molecule has 20 heavy (non-hydrogen) atoms. The SMILES string of the molecule is CC(C)(C)OC(=O)N1CCOC[C@H]1c1ccccc1Br. The largest absolute Gasteiger partial charge is 0.444 e. The molecule has 1 fully saturated rings. The molecule has 4 nitrogen and oxygen atoms in total. The van der Waals surface area contributed by atoms with Crippen molar-refractivity contribution in [2.75, 3.05) is 19.8 Å². The molecule has 0 spiro atoms. The highest BCUT2D eigenvalue weighted by atomic mass is 79.9. The fourth-order valence-corrected chi connectivity index (χ4v) is 2.69. The first-order valence-corrected chi connectivity index (χ1v) is 7.49. The van der Waals surface area contributed by atoms with Crippen LogP contribution in [0.4, 0.5) is 4.79 Å². The second kappa shape index (κ2) is 6.14. The van der Waals surface area contributed by atoms with E-state index >= 15 is 0 Å². The summed E-state index contributed by atoms with van der Waals surface area (Å²) >= 11 is 3.54. The molecule has 0 unspecified atom stereocenters. The van der Waals surface area contributed by atoms with Crippen molar-refractivity contribution in [2.24, 2.45) is 0 Å². The van der Waals surface area contributed by atoms with Crippen LogP contribution >= 0.6 is 15.9 Å². The molecular formula is C15H20BrNO3. The minimum absolute atomic E-state index is 0.117. The average molecular weight is 342 g/mol. The van der Waals surface area contributed by atoms with Gasteiger partial charge < -0.3 is 9.47 Å². The first kappa shape index (κ1) is 15.3. The number of nitrogens with zero attached hydrogens (tertiary/aromatic N) is 1. The Balaban J connectivity index is 2.22. The van der Waals surface area contributed by atoms with Crippen LogP contribution in [0, 0.1) is 0 Å². The first-order valence-electron chi connectivity index (χ1n) is 6.70. The molecule has 1 saturated heterocycles. The molecule has 1 amide bonds. The van der Waals surface area contributed by atoms with Crippen molar-refractivity contribution >= 4 is 22.0 Å². The highest BCUT2D eigenvalue weighted by Gasteiger charge is 2.32. The summed E-state index contributed by atoms with van der Waals surface area (Å²) in [5.74, 6) is 0. The maximum Gasteiger partial charge on any atom is 0.410 e. The smallest absolute Gasteiger partial charge is 0.410 e. The molecule has 1 aromatic carbocycles. The van der Waals surface area contributed by atoms with Crippen LogP contribution in [0.5, 0.6) is 0 Å². The molecule has 110 valence electrons. The van der Waals surface area contributed by atoms with E-state index in [0.29, 0.717) is 19.8 Å². The number of carbonyl (C=O) groups excluding carboxylic acids is 1. The third-order valence-electron chi connectivity index (χ3n) is 3.02. The summed E-state index contributed by atoms with van der Waals surface area (Å²) in [6.07, 6.45) is -0.290. The molecule has 0 bridgehead atoms. The zero-order valence-electron chi connectivity index (χ0n) is 12.1. The number of hydrogen-bond donors (Lipinski definition) is 0. The van der Waals surface area contributed by atoms with Gasteiger partial charge in [0.05, 0.1) is 19.3 Å². The average Bonchev–Trinajstić information content (AvgIpc) is 2.37. The van der Waals surface area contributed by atoms with E-state index in [1.54, 1.807) is 4.90 Å². The Morgan fingerprint density at radius 2 is 2.10 bits per heavy atom. The van der Waals surface area contributed by atoms with Gasteiger partial charge in [-0.3, -0.25) is 4.90 Å². The summed E-state index contributed by atoms with van der Waals surface area (Å²) in [4.78, 5) is 14.1. The molecule has 0 aliphatic carbocycles. The first-order chi connectivity index (χ1) is 9.38. The Morgan fingerprint density at radius 1 is 1.40 bits per heavy atom. The van der Waals surface area contributed by atoms with Crippen LogP contribution in [-0.4, -0.2) is 36.4 Å². The van der Waals surface area contributed by atoms with Gasteiger partial charge in [-0.1, -0.05) is 34.1 Å². The van der Waals surface area contributed by atoms with Gasteiger partial charge in [0, 0.05) is 11.0 Å². The maximum absolute atomic E-state index is 12.3. The van der Waals surface area contributed by atoms with Gasteiger partial charge in [-0.25, -0.2) is 4.79 Å². The molecule has 0 saturated carbocycles. The lowest BCUT2D eigenvalue weighted by molar-refractivity contribution is -0.0332. The van der Waals surface area contributed by atoms with Crippen LogP contribution in [0.15, 0.2) is 28.7 Å². The van der Waals surface area contributed by atoms with E-state index in [1.807, 2.05) is 45.0 Å². The molecular weight excluding hydrogens is 322 g/mol. The second-order valence-corrected chi connectivity index (χ2v) is 6.64. The third kappa shape index (κ3) is 3.73. The minimum Gasteiger partial charge on any atom is -0.444 e. The van der Waals surface area contributed by atoms with Gasteiger partial charge in [-0.2, -0.15) is 0 Å². The quantitative estimate of drug-likeness (QED) is 0.780. The van der Waals surface area contributed by atoms with Crippen molar-refractivity contribution < 1.29 is 14.3 Å². The summed E-state index contributed by atoms with van der Waals surface area (Å²) in [6.45, 7) is 7.19. The highest BCUT2D eigenvalue weighted by molar-refractivity contribution is 9.10. The lowest BCUT2D eigenvalue weighted by Crippen LogP contribution is -2.45. The van der Waals surface area contributed by atoms with Gasteiger partial charge >= 0.3 is 6.09 Å². The summed E-state index contributed by atoms with van der Waals surface area (Å²) in [5, 5.41) is 0. The van der Waals surface area contributed by atoms with Gasteiger partial charge in [0.15, 0.2) is 0 Å². The molecule has 5 heteroatoms. The molecule has 1 aliphatic rings. The Labute approximate surface area is 128 Å². The van der Waals surface area contributed by atoms with E-state index in [9.17, 15) is 4.79 Å². The topological polar surface area (TPSA) is 38.8 Å². The minimum atomic E-state index is -0.492. The second-order valence-electron chi connectivity index (χ2n) is 5.79. The van der Waals surface area contributed by atoms with Gasteiger partial charge in [-0.15, -0.1) is 0 Å². The van der Waals surface area contributed by atoms with Crippen molar-refractivity contribution in [1.29, 1.82) is 0 Å². The number of ether oxygens (including phenoxy) is 2. The molecule has 0 N–H and O–H groups in total. The third-order valence-corrected chi connectivity index (χ3v) is 3.74. The maximum atomic E-state index is 12.3. The normalized spacial score (nSPS) is 19.8. The van der Waals surface area contributed by atoms with E-state index in [2.05, 4.69) is 15.9 Å². The van der Waals surface area contributed by atoms with Crippen LogP contribution in [0.3, 0.4) is 0 Å². The van der Waals surface area contributed by atoms with Crippen LogP contribution in [0.2, 0.25) is 0 Å². The highest BCUT2D eigenvalue weighted by Crippen LogP contribution is 2.31. The van der Waals surface area contributed by atoms with E-state index < -0.39 is 5.60 Å². The lowest BCUT2D eigenvalue weighted by atomic mass is 10.1. The van der Waals surface area contributed by atoms with E-state index in [1.165, 1.54) is 0 Å². The number of halogens is 1. The number of morpholine rings is 1. The lowest BCUT2D eigenvalue weighted by Gasteiger charge is -2.37. The predicted molar refractivity (Wildman–Crippen MR) is 80.6 cm³/mol. The molecule has 0 aromatic heterocycles. The number of rotatable bonds is 1. The molecule has 2 rings (SSSR count). The zero-order chi connectivity index (χ0) is 14.8. The van der Waals surface area contributed by atoms with Crippen molar-refractivity contribution in [2.45, 2.75) is 32.4 Å². The van der Waals surface area contributed by atoms with Crippen molar-refractivity contribution in [3.05, 3.63) is 34.3 Å². The van der Waals surface area contributed by atoms with Crippen molar-refractivity contribution in [3.8, 4) is 0 Å². The molecule has 1 heterocycles. The number of amides is 1. The Hall–Kier alpha value is -1.07. The van der Waals surface area contributed by atoms with Crippen LogP contribution in [0.1, 0.15) is 32.4 Å². The Kier molecular flexibility index (Phi) is 4.70. The van der Waals surface area contributed by atoms with E-state index in [0.717, 1.165) is 10.0 Å². The van der Waals surface area contributed by atoms with E-state index in [-0.39, 0.29) is 12.1 Å². The fourth-order valence-electron chi connectivity index (χ4n) is 2.15. The van der Waals surface area contributed by atoms with Crippen molar-refractivity contribution in [1.82, 2.24) is 4.90 Å². The summed E-state index contributed by atoms with van der Waals surface area (Å²) in [5.41, 5.74) is 0.548. The zero-order valence-corrected chi connectivity index (χ0v) is 13.6. The van der Waals surface area contributed by atoms with Gasteiger partial charge in [0.2, 0.25) is 0 Å². The molecule has 1 atom stereocenters. The molecule has 0 radical (unpaired) electrons. The van der Waals surface area contributed by atoms with Crippen LogP contribution < -0.4 is 0 Å². The van der Waals surface area contributed by atoms with Crippen molar-refractivity contribution in [3.63, 3.8) is 0 Å².